The van der Waals surface area contributed by atoms with Gasteiger partial charge in [-0.3, -0.25) is 0 Å². The Morgan fingerprint density at radius 3 is 1.64 bits per heavy atom. The summed E-state index contributed by atoms with van der Waals surface area (Å²) in [4.78, 5) is 2.81. The Kier molecular flexibility index (Phi) is 18.4. The minimum absolute atomic E-state index is 0.0133. The molecule has 1 rings (SSSR count). The van der Waals surface area contributed by atoms with E-state index in [1.54, 1.807) is 21.3 Å². The highest BCUT2D eigenvalue weighted by Crippen LogP contribution is 2.29. The van der Waals surface area contributed by atoms with Gasteiger partial charge in [-0.15, -0.1) is 0 Å². The van der Waals surface area contributed by atoms with E-state index in [9.17, 15) is 0 Å². The lowest BCUT2D eigenvalue weighted by Crippen LogP contribution is -2.61. The first-order valence-corrected chi connectivity index (χ1v) is 10.5. The molecular weight excluding hydrogens is 446 g/mol. The zero-order chi connectivity index (χ0) is 24.2. The Bertz CT molecular complexity index is 513. The van der Waals surface area contributed by atoms with Crippen molar-refractivity contribution in [3.05, 3.63) is 10.4 Å². The lowest BCUT2D eigenvalue weighted by atomic mass is 9.98. The van der Waals surface area contributed by atoms with Crippen LogP contribution in [0.2, 0.25) is 0 Å². The quantitative estimate of drug-likeness (QED) is 0.0745. The molecule has 14 heteroatoms. The van der Waals surface area contributed by atoms with E-state index >= 15 is 0 Å². The van der Waals surface area contributed by atoms with Gasteiger partial charge in [0.25, 0.3) is 0 Å². The number of ether oxygens (including phenoxy) is 11. The fraction of sp³-hybridized carbons (Fsp3) is 1.00. The van der Waals surface area contributed by atoms with Crippen LogP contribution in [0, 0.1) is 0 Å². The van der Waals surface area contributed by atoms with E-state index in [-0.39, 0.29) is 26.9 Å². The van der Waals surface area contributed by atoms with Crippen molar-refractivity contribution in [2.45, 2.75) is 30.7 Å². The molecule has 33 heavy (non-hydrogen) atoms. The van der Waals surface area contributed by atoms with E-state index in [4.69, 9.17) is 57.6 Å². The molecule has 0 aromatic carbocycles. The van der Waals surface area contributed by atoms with E-state index in [2.05, 4.69) is 10.0 Å². The number of hydrogen-bond acceptors (Lipinski definition) is 12. The summed E-state index contributed by atoms with van der Waals surface area (Å²) in [6.07, 6.45) is -3.71. The number of hydrogen-bond donors (Lipinski definition) is 0. The van der Waals surface area contributed by atoms with E-state index in [0.717, 1.165) is 0 Å². The molecule has 0 N–H and O–H groups in total. The maximum Gasteiger partial charge on any atom is 0.186 e. The minimum Gasteiger partial charge on any atom is -0.382 e. The molecule has 0 aromatic heterocycles. The summed E-state index contributed by atoms with van der Waals surface area (Å²) < 4.78 is 60.4. The molecule has 194 valence electrons. The Balaban J connectivity index is 2.92. The standard InChI is InChI=1S/C19H37N3O11/c1-23-5-8-27-12-30-16-15(11-21-22-20)33-19(26-4)18(32-14-29-10-7-25-3)17(16)31-13-28-9-6-24-2/h15-19H,5-14H2,1-4H3/t15-,16-,17+,18-,19-/m1/s1. The van der Waals surface area contributed by atoms with Crippen molar-refractivity contribution in [3.63, 3.8) is 0 Å². The van der Waals surface area contributed by atoms with Crippen molar-refractivity contribution in [2.75, 3.05) is 95.0 Å². The Morgan fingerprint density at radius 1 is 0.697 bits per heavy atom. The van der Waals surface area contributed by atoms with Gasteiger partial charge in [0.15, 0.2) is 6.29 Å². The Morgan fingerprint density at radius 2 is 1.18 bits per heavy atom. The fourth-order valence-corrected chi connectivity index (χ4v) is 2.88. The van der Waals surface area contributed by atoms with Crippen LogP contribution < -0.4 is 0 Å². The van der Waals surface area contributed by atoms with Gasteiger partial charge in [0.05, 0.1) is 52.3 Å². The number of methoxy groups -OCH3 is 4. The van der Waals surface area contributed by atoms with E-state index in [0.29, 0.717) is 39.6 Å². The molecule has 0 saturated carbocycles. The van der Waals surface area contributed by atoms with Crippen LogP contribution in [0.3, 0.4) is 0 Å². The molecule has 1 saturated heterocycles. The summed E-state index contributed by atoms with van der Waals surface area (Å²) in [5.41, 5.74) is 8.79. The first-order valence-electron chi connectivity index (χ1n) is 10.5. The van der Waals surface area contributed by atoms with Gasteiger partial charge in [0.1, 0.15) is 38.7 Å². The first kappa shape index (κ1) is 29.9. The second kappa shape index (κ2) is 20.3. The molecule has 1 heterocycles. The van der Waals surface area contributed by atoms with Crippen LogP contribution in [-0.2, 0) is 52.1 Å². The van der Waals surface area contributed by atoms with Gasteiger partial charge in [0.2, 0.25) is 0 Å². The zero-order valence-corrected chi connectivity index (χ0v) is 19.8. The Hall–Kier alpha value is -1.13. The smallest absolute Gasteiger partial charge is 0.186 e. The number of azide groups is 1. The Labute approximate surface area is 194 Å². The first-order chi connectivity index (χ1) is 16.2. The predicted octanol–water partition coefficient (Wildman–Crippen LogP) is 0.685. The second-order valence-corrected chi connectivity index (χ2v) is 6.64. The average Bonchev–Trinajstić information content (AvgIpc) is 2.83. The monoisotopic (exact) mass is 483 g/mol. The molecule has 1 aliphatic heterocycles. The molecular formula is C19H37N3O11. The maximum atomic E-state index is 8.79. The minimum atomic E-state index is -0.840. The summed E-state index contributed by atoms with van der Waals surface area (Å²) in [5.74, 6) is 0. The molecule has 0 spiro atoms. The van der Waals surface area contributed by atoms with Crippen molar-refractivity contribution in [3.8, 4) is 0 Å². The lowest BCUT2D eigenvalue weighted by molar-refractivity contribution is -0.334. The number of rotatable bonds is 21. The van der Waals surface area contributed by atoms with Crippen LogP contribution in [0.25, 0.3) is 10.4 Å². The van der Waals surface area contributed by atoms with E-state index < -0.39 is 30.7 Å². The summed E-state index contributed by atoms with van der Waals surface area (Å²) in [7, 11) is 6.20. The zero-order valence-electron chi connectivity index (χ0n) is 19.8. The van der Waals surface area contributed by atoms with Crippen LogP contribution in [-0.4, -0.2) is 126 Å². The predicted molar refractivity (Wildman–Crippen MR) is 112 cm³/mol. The summed E-state index contributed by atoms with van der Waals surface area (Å²) in [6, 6.07) is 0. The highest BCUT2D eigenvalue weighted by molar-refractivity contribution is 4.93. The molecule has 14 nitrogen and oxygen atoms in total. The van der Waals surface area contributed by atoms with Crippen molar-refractivity contribution in [1.29, 1.82) is 0 Å². The van der Waals surface area contributed by atoms with Gasteiger partial charge in [-0.2, -0.15) is 0 Å². The third kappa shape index (κ3) is 12.2. The number of nitrogens with zero attached hydrogens (tertiary/aromatic N) is 3. The SMILES string of the molecule is COCCOCO[C@@H]1[C@@H](OCOCCOC)[C@H](OC)O[C@H](CN=[N+]=[N-])[C@H]1OCOCCOC. The molecule has 0 unspecified atom stereocenters. The average molecular weight is 484 g/mol. The molecule has 1 aliphatic rings. The lowest BCUT2D eigenvalue weighted by Gasteiger charge is -2.44. The van der Waals surface area contributed by atoms with Crippen molar-refractivity contribution < 1.29 is 52.1 Å². The fourth-order valence-electron chi connectivity index (χ4n) is 2.88. The third-order valence-corrected chi connectivity index (χ3v) is 4.48. The maximum absolute atomic E-state index is 8.79. The molecule has 1 fully saturated rings. The highest BCUT2D eigenvalue weighted by Gasteiger charge is 2.48. The highest BCUT2D eigenvalue weighted by atomic mass is 16.8. The van der Waals surface area contributed by atoms with E-state index in [1.165, 1.54) is 7.11 Å². The van der Waals surface area contributed by atoms with Gasteiger partial charge in [-0.05, 0) is 5.53 Å². The van der Waals surface area contributed by atoms with Crippen LogP contribution in [0.5, 0.6) is 0 Å². The van der Waals surface area contributed by atoms with Crippen molar-refractivity contribution in [1.82, 2.24) is 0 Å². The second-order valence-electron chi connectivity index (χ2n) is 6.64. The van der Waals surface area contributed by atoms with Gasteiger partial charge in [0, 0.05) is 33.4 Å². The van der Waals surface area contributed by atoms with Crippen molar-refractivity contribution >= 4 is 0 Å². The molecule has 0 amide bonds. The van der Waals surface area contributed by atoms with Gasteiger partial charge in [-0.25, -0.2) is 0 Å². The van der Waals surface area contributed by atoms with E-state index in [1.807, 2.05) is 0 Å². The van der Waals surface area contributed by atoms with Gasteiger partial charge >= 0.3 is 0 Å². The normalized spacial score (nSPS) is 25.2. The molecule has 0 radical (unpaired) electrons. The summed E-state index contributed by atoms with van der Waals surface area (Å²) in [6.45, 7) is 2.08. The largest absolute Gasteiger partial charge is 0.382 e. The summed E-state index contributed by atoms with van der Waals surface area (Å²) in [5, 5.41) is 3.62. The van der Waals surface area contributed by atoms with Crippen LogP contribution in [0.4, 0.5) is 0 Å². The van der Waals surface area contributed by atoms with Crippen molar-refractivity contribution in [2.24, 2.45) is 5.11 Å². The third-order valence-electron chi connectivity index (χ3n) is 4.48. The molecule has 5 atom stereocenters. The topological polar surface area (TPSA) is 150 Å². The summed E-state index contributed by atoms with van der Waals surface area (Å²) >= 11 is 0. The van der Waals surface area contributed by atoms with Crippen LogP contribution >= 0.6 is 0 Å². The van der Waals surface area contributed by atoms with Gasteiger partial charge < -0.3 is 52.1 Å². The molecule has 0 aliphatic carbocycles. The molecule has 0 aromatic rings. The van der Waals surface area contributed by atoms with Crippen LogP contribution in [0.15, 0.2) is 5.11 Å². The van der Waals surface area contributed by atoms with Crippen LogP contribution in [0.1, 0.15) is 0 Å². The molecule has 0 bridgehead atoms. The van der Waals surface area contributed by atoms with Gasteiger partial charge in [-0.1, -0.05) is 5.11 Å².